The van der Waals surface area contributed by atoms with Crippen molar-refractivity contribution in [3.8, 4) is 0 Å². The summed E-state index contributed by atoms with van der Waals surface area (Å²) in [6.07, 6.45) is 0. The molecule has 1 fully saturated rings. The summed E-state index contributed by atoms with van der Waals surface area (Å²) in [6.45, 7) is 7.83. The fourth-order valence-corrected chi connectivity index (χ4v) is 3.36. The molecule has 25 heavy (non-hydrogen) atoms. The molecule has 5 nitrogen and oxygen atoms in total. The highest BCUT2D eigenvalue weighted by Crippen LogP contribution is 2.18. The second-order valence-electron chi connectivity index (χ2n) is 6.97. The van der Waals surface area contributed by atoms with Crippen LogP contribution in [0.5, 0.6) is 0 Å². The van der Waals surface area contributed by atoms with Crippen molar-refractivity contribution in [3.05, 3.63) is 48.0 Å². The third-order valence-corrected chi connectivity index (χ3v) is 4.82. The van der Waals surface area contributed by atoms with E-state index in [1.807, 2.05) is 18.2 Å². The van der Waals surface area contributed by atoms with Crippen molar-refractivity contribution in [2.24, 2.45) is 0 Å². The summed E-state index contributed by atoms with van der Waals surface area (Å²) >= 11 is 0. The van der Waals surface area contributed by atoms with Crippen LogP contribution in [0.15, 0.2) is 42.5 Å². The van der Waals surface area contributed by atoms with Crippen LogP contribution in [0.1, 0.15) is 12.5 Å². The molecule has 0 bridgehead atoms. The molecule has 2 N–H and O–H groups in total. The molecule has 134 valence electrons. The Bertz CT molecular complexity index is 704. The van der Waals surface area contributed by atoms with Gasteiger partial charge in [0.05, 0.1) is 0 Å². The molecule has 5 heteroatoms. The SMILES string of the molecule is CC(CN1CCN(C)CC1)NC(=O)NCc1cccc2ccccc12. The molecular formula is C20H28N4O. The zero-order chi connectivity index (χ0) is 17.6. The maximum Gasteiger partial charge on any atom is 0.315 e. The summed E-state index contributed by atoms with van der Waals surface area (Å²) in [5, 5.41) is 8.43. The predicted molar refractivity (Wildman–Crippen MR) is 103 cm³/mol. The second-order valence-corrected chi connectivity index (χ2v) is 6.97. The van der Waals surface area contributed by atoms with Gasteiger partial charge in [-0.3, -0.25) is 4.90 Å². The normalized spacial score (nSPS) is 17.4. The van der Waals surface area contributed by atoms with Crippen molar-refractivity contribution in [1.29, 1.82) is 0 Å². The molecule has 3 rings (SSSR count). The Labute approximate surface area is 150 Å². The van der Waals surface area contributed by atoms with Gasteiger partial charge in [-0.15, -0.1) is 0 Å². The van der Waals surface area contributed by atoms with Crippen molar-refractivity contribution >= 4 is 16.8 Å². The number of hydrogen-bond donors (Lipinski definition) is 2. The van der Waals surface area contributed by atoms with Crippen molar-refractivity contribution in [2.45, 2.75) is 19.5 Å². The lowest BCUT2D eigenvalue weighted by molar-refractivity contribution is 0.144. The topological polar surface area (TPSA) is 47.6 Å². The average molecular weight is 340 g/mol. The van der Waals surface area contributed by atoms with Gasteiger partial charge in [-0.1, -0.05) is 42.5 Å². The van der Waals surface area contributed by atoms with Gasteiger partial charge in [0.25, 0.3) is 0 Å². The summed E-state index contributed by atoms with van der Waals surface area (Å²) in [6, 6.07) is 14.5. The third kappa shape index (κ3) is 4.94. The Hall–Kier alpha value is -2.11. The Morgan fingerprint density at radius 1 is 1.08 bits per heavy atom. The molecule has 0 radical (unpaired) electrons. The van der Waals surface area contributed by atoms with E-state index in [2.05, 4.69) is 58.7 Å². The van der Waals surface area contributed by atoms with Crippen LogP contribution in [-0.2, 0) is 6.54 Å². The van der Waals surface area contributed by atoms with E-state index in [1.54, 1.807) is 0 Å². The number of urea groups is 1. The number of likely N-dealkylation sites (N-methyl/N-ethyl adjacent to an activating group) is 1. The molecule has 1 unspecified atom stereocenters. The average Bonchev–Trinajstić information content (AvgIpc) is 2.62. The summed E-state index contributed by atoms with van der Waals surface area (Å²) in [5.74, 6) is 0. The summed E-state index contributed by atoms with van der Waals surface area (Å²) in [7, 11) is 2.15. The monoisotopic (exact) mass is 340 g/mol. The van der Waals surface area contributed by atoms with Gasteiger partial charge < -0.3 is 15.5 Å². The first-order valence-electron chi connectivity index (χ1n) is 9.04. The highest BCUT2D eigenvalue weighted by atomic mass is 16.2. The minimum atomic E-state index is -0.102. The molecule has 0 aromatic heterocycles. The van der Waals surface area contributed by atoms with Gasteiger partial charge in [0, 0.05) is 45.3 Å². The fourth-order valence-electron chi connectivity index (χ4n) is 3.36. The number of amides is 2. The van der Waals surface area contributed by atoms with Crippen LogP contribution in [0, 0.1) is 0 Å². The van der Waals surface area contributed by atoms with Gasteiger partial charge >= 0.3 is 6.03 Å². The van der Waals surface area contributed by atoms with Gasteiger partial charge in [0.1, 0.15) is 0 Å². The predicted octanol–water partition coefficient (Wildman–Crippen LogP) is 2.27. The first kappa shape index (κ1) is 17.7. The number of piperazine rings is 1. The highest BCUT2D eigenvalue weighted by Gasteiger charge is 2.17. The Balaban J connectivity index is 1.47. The van der Waals surface area contributed by atoms with Crippen LogP contribution >= 0.6 is 0 Å². The minimum absolute atomic E-state index is 0.102. The molecule has 0 spiro atoms. The van der Waals surface area contributed by atoms with Crippen LogP contribution in [0.2, 0.25) is 0 Å². The maximum atomic E-state index is 12.2. The second kappa shape index (κ2) is 8.32. The number of hydrogen-bond acceptors (Lipinski definition) is 3. The molecule has 2 amide bonds. The van der Waals surface area contributed by atoms with E-state index in [-0.39, 0.29) is 12.1 Å². The largest absolute Gasteiger partial charge is 0.334 e. The fraction of sp³-hybridized carbons (Fsp3) is 0.450. The van der Waals surface area contributed by atoms with Crippen LogP contribution in [0.25, 0.3) is 10.8 Å². The molecule has 1 atom stereocenters. The third-order valence-electron chi connectivity index (χ3n) is 4.82. The van der Waals surface area contributed by atoms with Crippen LogP contribution in [0.4, 0.5) is 4.79 Å². The van der Waals surface area contributed by atoms with Crippen molar-refractivity contribution in [1.82, 2.24) is 20.4 Å². The molecule has 1 aliphatic rings. The van der Waals surface area contributed by atoms with E-state index in [4.69, 9.17) is 0 Å². The van der Waals surface area contributed by atoms with Crippen molar-refractivity contribution < 1.29 is 4.79 Å². The van der Waals surface area contributed by atoms with Crippen LogP contribution in [-0.4, -0.2) is 61.6 Å². The maximum absolute atomic E-state index is 12.2. The van der Waals surface area contributed by atoms with E-state index in [0.29, 0.717) is 6.54 Å². The first-order valence-corrected chi connectivity index (χ1v) is 9.04. The number of fused-ring (bicyclic) bond motifs is 1. The smallest absolute Gasteiger partial charge is 0.315 e. The molecule has 2 aromatic carbocycles. The van der Waals surface area contributed by atoms with E-state index in [0.717, 1.165) is 38.3 Å². The number of nitrogens with one attached hydrogen (secondary N) is 2. The highest BCUT2D eigenvalue weighted by molar-refractivity contribution is 5.86. The zero-order valence-corrected chi connectivity index (χ0v) is 15.2. The first-order chi connectivity index (χ1) is 12.1. The Morgan fingerprint density at radius 2 is 1.80 bits per heavy atom. The molecule has 1 heterocycles. The van der Waals surface area contributed by atoms with Gasteiger partial charge in [-0.05, 0) is 30.3 Å². The van der Waals surface area contributed by atoms with Gasteiger partial charge in [0.2, 0.25) is 0 Å². The molecule has 1 saturated heterocycles. The molecule has 0 aliphatic carbocycles. The van der Waals surface area contributed by atoms with Crippen LogP contribution < -0.4 is 10.6 Å². The quantitative estimate of drug-likeness (QED) is 0.878. The lowest BCUT2D eigenvalue weighted by atomic mass is 10.0. The Kier molecular flexibility index (Phi) is 5.89. The van der Waals surface area contributed by atoms with Crippen LogP contribution in [0.3, 0.4) is 0 Å². The molecule has 0 saturated carbocycles. The molecular weight excluding hydrogens is 312 g/mol. The van der Waals surface area contributed by atoms with E-state index in [9.17, 15) is 4.79 Å². The lowest BCUT2D eigenvalue weighted by Gasteiger charge is -2.34. The van der Waals surface area contributed by atoms with Gasteiger partial charge in [-0.2, -0.15) is 0 Å². The van der Waals surface area contributed by atoms with Gasteiger partial charge in [-0.25, -0.2) is 4.79 Å². The molecule has 2 aromatic rings. The summed E-state index contributed by atoms with van der Waals surface area (Å²) in [5.41, 5.74) is 1.14. The number of nitrogens with zero attached hydrogens (tertiary/aromatic N) is 2. The van der Waals surface area contributed by atoms with Crippen molar-refractivity contribution in [3.63, 3.8) is 0 Å². The zero-order valence-electron chi connectivity index (χ0n) is 15.2. The van der Waals surface area contributed by atoms with Crippen molar-refractivity contribution in [2.75, 3.05) is 39.8 Å². The van der Waals surface area contributed by atoms with E-state index in [1.165, 1.54) is 10.8 Å². The number of rotatable bonds is 5. The number of carbonyl (C=O) groups excluding carboxylic acids is 1. The minimum Gasteiger partial charge on any atom is -0.334 e. The standard InChI is InChI=1S/C20H28N4O/c1-16(15-24-12-10-23(2)11-13-24)22-20(25)21-14-18-8-5-7-17-6-3-4-9-19(17)18/h3-9,16H,10-15H2,1-2H3,(H2,21,22,25). The summed E-state index contributed by atoms with van der Waals surface area (Å²) < 4.78 is 0. The number of benzene rings is 2. The lowest BCUT2D eigenvalue weighted by Crippen LogP contribution is -2.51. The van der Waals surface area contributed by atoms with Gasteiger partial charge in [0.15, 0.2) is 0 Å². The Morgan fingerprint density at radius 3 is 2.60 bits per heavy atom. The van der Waals surface area contributed by atoms with E-state index < -0.39 is 0 Å². The number of carbonyl (C=O) groups is 1. The molecule has 1 aliphatic heterocycles. The van der Waals surface area contributed by atoms with E-state index >= 15 is 0 Å². The summed E-state index contributed by atoms with van der Waals surface area (Å²) in [4.78, 5) is 17.0.